The van der Waals surface area contributed by atoms with Crippen LogP contribution in [0.1, 0.15) is 54.4 Å². The number of nitrogens with zero attached hydrogens (tertiary/aromatic N) is 6. The van der Waals surface area contributed by atoms with Crippen LogP contribution in [0.3, 0.4) is 0 Å². The number of nitrogens with one attached hydrogen (secondary N) is 2. The van der Waals surface area contributed by atoms with Gasteiger partial charge >= 0.3 is 0 Å². The molecule has 9 heteroatoms. The number of benzene rings is 1. The number of carbonyl (C=O) groups is 1. The van der Waals surface area contributed by atoms with E-state index in [4.69, 9.17) is 4.98 Å². The zero-order valence-corrected chi connectivity index (χ0v) is 19.4. The van der Waals surface area contributed by atoms with E-state index in [0.717, 1.165) is 42.7 Å². The van der Waals surface area contributed by atoms with Gasteiger partial charge < -0.3 is 10.6 Å². The molecule has 2 aliphatic rings. The minimum Gasteiger partial charge on any atom is -0.350 e. The van der Waals surface area contributed by atoms with Crippen molar-refractivity contribution in [2.24, 2.45) is 11.3 Å². The van der Waals surface area contributed by atoms with Crippen LogP contribution in [0.15, 0.2) is 48.9 Å². The number of ketones is 1. The summed E-state index contributed by atoms with van der Waals surface area (Å²) in [5.74, 6) is 1.08. The van der Waals surface area contributed by atoms with Crippen LogP contribution in [0.25, 0.3) is 11.3 Å². The number of hydrogen-bond donors (Lipinski definition) is 2. The van der Waals surface area contributed by atoms with Crippen molar-refractivity contribution in [2.75, 3.05) is 18.4 Å². The highest BCUT2D eigenvalue weighted by Crippen LogP contribution is 2.49. The number of hydrogen-bond acceptors (Lipinski definition) is 7. The summed E-state index contributed by atoms with van der Waals surface area (Å²) in [4.78, 5) is 22.7. The summed E-state index contributed by atoms with van der Waals surface area (Å²) in [6, 6.07) is 9.97. The van der Waals surface area contributed by atoms with Gasteiger partial charge in [-0.3, -0.25) is 4.79 Å². The van der Waals surface area contributed by atoms with Gasteiger partial charge in [0, 0.05) is 43.5 Å². The van der Waals surface area contributed by atoms with Crippen molar-refractivity contribution in [3.63, 3.8) is 0 Å². The molecule has 1 saturated heterocycles. The van der Waals surface area contributed by atoms with Crippen LogP contribution in [0.4, 0.5) is 5.95 Å². The fourth-order valence-electron chi connectivity index (χ4n) is 5.12. The second-order valence-electron chi connectivity index (χ2n) is 9.87. The Bertz CT molecular complexity index is 1340. The van der Waals surface area contributed by atoms with Gasteiger partial charge in [-0.1, -0.05) is 32.0 Å². The predicted molar refractivity (Wildman–Crippen MR) is 128 cm³/mol. The molecule has 1 aromatic carbocycles. The van der Waals surface area contributed by atoms with Crippen LogP contribution in [0.2, 0.25) is 0 Å². The number of rotatable bonds is 7. The summed E-state index contributed by atoms with van der Waals surface area (Å²) in [5.41, 5.74) is 4.06. The lowest BCUT2D eigenvalue weighted by atomic mass is 9.57. The average molecular weight is 457 g/mol. The Balaban J connectivity index is 1.33. The molecule has 3 aromatic heterocycles. The van der Waals surface area contributed by atoms with E-state index in [1.165, 1.54) is 0 Å². The van der Waals surface area contributed by atoms with Gasteiger partial charge in [-0.15, -0.1) is 0 Å². The Labute approximate surface area is 197 Å². The van der Waals surface area contributed by atoms with Crippen LogP contribution < -0.4 is 10.6 Å². The van der Waals surface area contributed by atoms with Crippen molar-refractivity contribution in [1.82, 2.24) is 34.7 Å². The highest BCUT2D eigenvalue weighted by molar-refractivity contribution is 5.96. The highest BCUT2D eigenvalue weighted by Gasteiger charge is 2.51. The molecule has 6 rings (SSSR count). The van der Waals surface area contributed by atoms with Crippen LogP contribution in [-0.2, 0) is 6.54 Å². The van der Waals surface area contributed by atoms with Crippen molar-refractivity contribution >= 4 is 17.4 Å². The first-order chi connectivity index (χ1) is 16.5. The summed E-state index contributed by atoms with van der Waals surface area (Å²) in [7, 11) is 0. The molecule has 0 amide bonds. The number of anilines is 1. The first kappa shape index (κ1) is 21.0. The zero-order chi connectivity index (χ0) is 23.3. The molecule has 1 saturated carbocycles. The van der Waals surface area contributed by atoms with Gasteiger partial charge in [0.2, 0.25) is 17.6 Å². The quantitative estimate of drug-likeness (QED) is 0.412. The van der Waals surface area contributed by atoms with Gasteiger partial charge in [-0.2, -0.15) is 19.7 Å². The minimum atomic E-state index is 0.00311. The highest BCUT2D eigenvalue weighted by atomic mass is 16.1. The lowest BCUT2D eigenvalue weighted by molar-refractivity contribution is 0.00555. The normalized spacial score (nSPS) is 17.1. The number of Topliss-reactive ketones (excluding diaryl/α,β-unsaturated/α-hetero) is 1. The molecule has 0 bridgehead atoms. The van der Waals surface area contributed by atoms with E-state index in [-0.39, 0.29) is 23.4 Å². The van der Waals surface area contributed by atoms with Crippen molar-refractivity contribution in [1.29, 1.82) is 0 Å². The molecule has 1 aliphatic heterocycles. The SMILES string of the molecule is CC(C)c1cnn2c(NCc3ccccc3-n3cccn3)nc(C(=O)C3CC4(CNC4)C3)nc12. The minimum absolute atomic E-state index is 0.00311. The summed E-state index contributed by atoms with van der Waals surface area (Å²) in [5, 5.41) is 15.7. The van der Waals surface area contributed by atoms with Crippen molar-refractivity contribution < 1.29 is 4.79 Å². The molecule has 9 nitrogen and oxygen atoms in total. The van der Waals surface area contributed by atoms with E-state index in [0.29, 0.717) is 23.6 Å². The summed E-state index contributed by atoms with van der Waals surface area (Å²) in [6.45, 7) is 6.74. The smallest absolute Gasteiger partial charge is 0.228 e. The number of fused-ring (bicyclic) bond motifs is 1. The molecule has 1 aliphatic carbocycles. The average Bonchev–Trinajstić information content (AvgIpc) is 3.45. The number of aromatic nitrogens is 6. The molecule has 1 spiro atoms. The van der Waals surface area contributed by atoms with Gasteiger partial charge in [0.15, 0.2) is 5.65 Å². The lowest BCUT2D eigenvalue weighted by Gasteiger charge is -2.53. The molecule has 0 unspecified atom stereocenters. The standard InChI is InChI=1S/C25H28N8O/c1-16(2)19-13-29-33-23(19)30-22(21(34)18-10-25(11-18)14-26-15-25)31-24(33)27-12-17-6-3-4-7-20(17)32-9-5-8-28-32/h3-9,13,16,18,26H,10-12,14-15H2,1-2H3,(H,27,30,31). The van der Waals surface area contributed by atoms with Crippen LogP contribution in [-0.4, -0.2) is 48.2 Å². The van der Waals surface area contributed by atoms with E-state index in [2.05, 4.69) is 45.7 Å². The largest absolute Gasteiger partial charge is 0.350 e. The Morgan fingerprint density at radius 3 is 2.71 bits per heavy atom. The van der Waals surface area contributed by atoms with E-state index in [1.54, 1.807) is 10.7 Å². The molecule has 4 heterocycles. The molecule has 2 fully saturated rings. The van der Waals surface area contributed by atoms with E-state index >= 15 is 0 Å². The van der Waals surface area contributed by atoms with Crippen LogP contribution >= 0.6 is 0 Å². The molecule has 0 atom stereocenters. The second-order valence-corrected chi connectivity index (χ2v) is 9.87. The number of carbonyl (C=O) groups excluding carboxylic acids is 1. The van der Waals surface area contributed by atoms with Gasteiger partial charge in [-0.05, 0) is 41.9 Å². The lowest BCUT2D eigenvalue weighted by Crippen LogP contribution is -2.61. The summed E-state index contributed by atoms with van der Waals surface area (Å²) in [6.07, 6.45) is 7.35. The molecule has 34 heavy (non-hydrogen) atoms. The number of para-hydroxylation sites is 1. The van der Waals surface area contributed by atoms with Crippen molar-refractivity contribution in [3.05, 3.63) is 65.9 Å². The van der Waals surface area contributed by atoms with Gasteiger partial charge in [-0.25, -0.2) is 9.67 Å². The molecule has 0 radical (unpaired) electrons. The molecule has 174 valence electrons. The molecule has 2 N–H and O–H groups in total. The van der Waals surface area contributed by atoms with Crippen LogP contribution in [0, 0.1) is 11.3 Å². The topological polar surface area (TPSA) is 102 Å². The summed E-state index contributed by atoms with van der Waals surface area (Å²) >= 11 is 0. The third kappa shape index (κ3) is 3.47. The third-order valence-corrected chi connectivity index (χ3v) is 7.15. The van der Waals surface area contributed by atoms with E-state index < -0.39 is 0 Å². The maximum atomic E-state index is 13.3. The molecular weight excluding hydrogens is 428 g/mol. The van der Waals surface area contributed by atoms with Crippen LogP contribution in [0.5, 0.6) is 0 Å². The van der Waals surface area contributed by atoms with E-state index in [1.807, 2.05) is 41.3 Å². The first-order valence-corrected chi connectivity index (χ1v) is 11.9. The summed E-state index contributed by atoms with van der Waals surface area (Å²) < 4.78 is 3.55. The van der Waals surface area contributed by atoms with E-state index in [9.17, 15) is 4.79 Å². The molecule has 4 aromatic rings. The van der Waals surface area contributed by atoms with Crippen molar-refractivity contribution in [3.8, 4) is 5.69 Å². The fourth-order valence-corrected chi connectivity index (χ4v) is 5.12. The Morgan fingerprint density at radius 1 is 1.18 bits per heavy atom. The predicted octanol–water partition coefficient (Wildman–Crippen LogP) is 3.23. The first-order valence-electron chi connectivity index (χ1n) is 11.9. The Morgan fingerprint density at radius 2 is 2.00 bits per heavy atom. The maximum Gasteiger partial charge on any atom is 0.228 e. The van der Waals surface area contributed by atoms with Gasteiger partial charge in [0.25, 0.3) is 0 Å². The Kier molecular flexibility index (Phi) is 4.95. The monoisotopic (exact) mass is 456 g/mol. The zero-order valence-electron chi connectivity index (χ0n) is 19.4. The fraction of sp³-hybridized carbons (Fsp3) is 0.400. The van der Waals surface area contributed by atoms with Crippen molar-refractivity contribution in [2.45, 2.75) is 39.2 Å². The second kappa shape index (κ2) is 8.02. The van der Waals surface area contributed by atoms with Gasteiger partial charge in [0.1, 0.15) is 0 Å². The van der Waals surface area contributed by atoms with Gasteiger partial charge in [0.05, 0.1) is 11.9 Å². The third-order valence-electron chi connectivity index (χ3n) is 7.15. The maximum absolute atomic E-state index is 13.3. The molecular formula is C25H28N8O. The Hall–Kier alpha value is -3.59.